The van der Waals surface area contributed by atoms with E-state index in [0.717, 1.165) is 0 Å². The predicted octanol–water partition coefficient (Wildman–Crippen LogP) is 0.431. The highest BCUT2D eigenvalue weighted by molar-refractivity contribution is 5.75. The van der Waals surface area contributed by atoms with Crippen molar-refractivity contribution >= 4 is 12.0 Å². The highest BCUT2D eigenvalue weighted by atomic mass is 16.5. The number of hydrogen-bond acceptors (Lipinski definition) is 5. The molecule has 0 bridgehead atoms. The molecule has 0 aliphatic heterocycles. The Morgan fingerprint density at radius 3 is 2.84 bits per heavy atom. The number of aryl methyl sites for hydroxylation is 1. The fourth-order valence-electron chi connectivity index (χ4n) is 2.14. The average Bonchev–Trinajstić information content (AvgIpc) is 2.96. The van der Waals surface area contributed by atoms with E-state index < -0.39 is 5.97 Å². The minimum atomic E-state index is -0.800. The Balaban J connectivity index is 1.72. The minimum absolute atomic E-state index is 0.0921. The fraction of sp³-hybridized carbons (Fsp3) is 0.636. The monoisotopic (exact) mass is 268 g/mol. The predicted molar refractivity (Wildman–Crippen MR) is 63.2 cm³/mol. The molecular weight excluding hydrogens is 252 g/mol. The number of urea groups is 1. The number of hydrogen-bond donors (Lipinski definition) is 3. The molecule has 2 amide bonds. The van der Waals surface area contributed by atoms with Crippen LogP contribution in [0.1, 0.15) is 31.0 Å². The van der Waals surface area contributed by atoms with Crippen molar-refractivity contribution in [2.24, 2.45) is 5.92 Å². The Hall–Kier alpha value is -2.12. The van der Waals surface area contributed by atoms with Gasteiger partial charge in [-0.05, 0) is 26.2 Å². The summed E-state index contributed by atoms with van der Waals surface area (Å²) < 4.78 is 4.85. The molecule has 1 aliphatic rings. The molecule has 0 spiro atoms. The number of nitrogens with zero attached hydrogens (tertiary/aromatic N) is 2. The van der Waals surface area contributed by atoms with E-state index in [2.05, 4.69) is 20.8 Å². The van der Waals surface area contributed by atoms with E-state index in [1.54, 1.807) is 6.92 Å². The lowest BCUT2D eigenvalue weighted by Crippen LogP contribution is -2.40. The van der Waals surface area contributed by atoms with Gasteiger partial charge in [-0.25, -0.2) is 4.79 Å². The summed E-state index contributed by atoms with van der Waals surface area (Å²) in [6.07, 6.45) is 1.76. The normalized spacial score (nSPS) is 22.2. The van der Waals surface area contributed by atoms with Gasteiger partial charge < -0.3 is 20.3 Å². The number of carbonyl (C=O) groups excluding carboxylic acids is 1. The number of nitrogens with one attached hydrogen (secondary N) is 2. The third-order valence-electron chi connectivity index (χ3n) is 3.09. The third-order valence-corrected chi connectivity index (χ3v) is 3.09. The van der Waals surface area contributed by atoms with Gasteiger partial charge in [-0.15, -0.1) is 0 Å². The van der Waals surface area contributed by atoms with Crippen LogP contribution in [0, 0.1) is 12.8 Å². The fourth-order valence-corrected chi connectivity index (χ4v) is 2.14. The van der Waals surface area contributed by atoms with E-state index in [0.29, 0.717) is 31.0 Å². The van der Waals surface area contributed by atoms with Gasteiger partial charge in [0.05, 0.1) is 12.5 Å². The second-order valence-corrected chi connectivity index (χ2v) is 4.61. The van der Waals surface area contributed by atoms with Crippen molar-refractivity contribution in [3.05, 3.63) is 11.7 Å². The highest BCUT2D eigenvalue weighted by Crippen LogP contribution is 2.25. The van der Waals surface area contributed by atoms with Gasteiger partial charge in [0.25, 0.3) is 0 Å². The maximum Gasteiger partial charge on any atom is 0.315 e. The first kappa shape index (κ1) is 13.3. The lowest BCUT2D eigenvalue weighted by Gasteiger charge is -2.12. The van der Waals surface area contributed by atoms with Crippen molar-refractivity contribution in [1.82, 2.24) is 20.8 Å². The highest BCUT2D eigenvalue weighted by Gasteiger charge is 2.30. The number of amides is 2. The Morgan fingerprint density at radius 2 is 2.26 bits per heavy atom. The topological polar surface area (TPSA) is 117 Å². The molecule has 1 aromatic rings. The molecule has 1 heterocycles. The standard InChI is InChI=1S/C11H16N4O4/c1-6-13-9(19-15-6)5-12-11(18)14-8-3-2-7(4-8)10(16)17/h7-8H,2-5H2,1H3,(H,16,17)(H2,12,14,18). The van der Waals surface area contributed by atoms with Crippen LogP contribution in [-0.4, -0.2) is 33.3 Å². The molecule has 19 heavy (non-hydrogen) atoms. The zero-order chi connectivity index (χ0) is 13.8. The molecule has 104 valence electrons. The van der Waals surface area contributed by atoms with Gasteiger partial charge in [0, 0.05) is 6.04 Å². The molecule has 8 heteroatoms. The molecule has 2 rings (SSSR count). The maximum absolute atomic E-state index is 11.6. The Kier molecular flexibility index (Phi) is 3.98. The van der Waals surface area contributed by atoms with E-state index in [-0.39, 0.29) is 24.5 Å². The minimum Gasteiger partial charge on any atom is -0.481 e. The first-order chi connectivity index (χ1) is 9.04. The summed E-state index contributed by atoms with van der Waals surface area (Å²) in [4.78, 5) is 26.3. The molecular formula is C11H16N4O4. The third kappa shape index (κ3) is 3.67. The summed E-state index contributed by atoms with van der Waals surface area (Å²) in [7, 11) is 0. The van der Waals surface area contributed by atoms with Crippen LogP contribution >= 0.6 is 0 Å². The van der Waals surface area contributed by atoms with Gasteiger partial charge in [-0.2, -0.15) is 4.98 Å². The number of aromatic nitrogens is 2. The van der Waals surface area contributed by atoms with Crippen molar-refractivity contribution in [2.45, 2.75) is 38.8 Å². The number of rotatable bonds is 4. The molecule has 0 saturated heterocycles. The van der Waals surface area contributed by atoms with Crippen molar-refractivity contribution in [3.63, 3.8) is 0 Å². The lowest BCUT2D eigenvalue weighted by molar-refractivity contribution is -0.141. The Morgan fingerprint density at radius 1 is 1.47 bits per heavy atom. The van der Waals surface area contributed by atoms with E-state index in [9.17, 15) is 9.59 Å². The van der Waals surface area contributed by atoms with E-state index in [1.165, 1.54) is 0 Å². The number of aliphatic carboxylic acids is 1. The molecule has 1 fully saturated rings. The summed E-state index contributed by atoms with van der Waals surface area (Å²) in [5.74, 6) is -0.310. The molecule has 1 aromatic heterocycles. The van der Waals surface area contributed by atoms with Crippen molar-refractivity contribution < 1.29 is 19.2 Å². The molecule has 1 saturated carbocycles. The Labute approximate surface area is 109 Å². The zero-order valence-electron chi connectivity index (χ0n) is 10.5. The van der Waals surface area contributed by atoms with Crippen LogP contribution in [0.25, 0.3) is 0 Å². The number of carbonyl (C=O) groups is 2. The number of carboxylic acids is 1. The van der Waals surface area contributed by atoms with Crippen LogP contribution in [0.3, 0.4) is 0 Å². The van der Waals surface area contributed by atoms with Crippen molar-refractivity contribution in [3.8, 4) is 0 Å². The zero-order valence-corrected chi connectivity index (χ0v) is 10.5. The van der Waals surface area contributed by atoms with Gasteiger partial charge in [0.2, 0.25) is 5.89 Å². The summed E-state index contributed by atoms with van der Waals surface area (Å²) >= 11 is 0. The molecule has 2 atom stereocenters. The molecule has 0 radical (unpaired) electrons. The van der Waals surface area contributed by atoms with Gasteiger partial charge in [0.1, 0.15) is 0 Å². The van der Waals surface area contributed by atoms with E-state index >= 15 is 0 Å². The molecule has 8 nitrogen and oxygen atoms in total. The second kappa shape index (κ2) is 5.68. The summed E-state index contributed by atoms with van der Waals surface area (Å²) in [6, 6.07) is -0.447. The van der Waals surface area contributed by atoms with Crippen LogP contribution in [0.15, 0.2) is 4.52 Å². The van der Waals surface area contributed by atoms with Crippen LogP contribution in [0.5, 0.6) is 0 Å². The first-order valence-corrected chi connectivity index (χ1v) is 6.11. The molecule has 1 aliphatic carbocycles. The average molecular weight is 268 g/mol. The summed E-state index contributed by atoms with van der Waals surface area (Å²) in [6.45, 7) is 1.85. The number of carboxylic acid groups (broad SMARTS) is 1. The van der Waals surface area contributed by atoms with Gasteiger partial charge in [0.15, 0.2) is 5.82 Å². The van der Waals surface area contributed by atoms with Gasteiger partial charge >= 0.3 is 12.0 Å². The summed E-state index contributed by atoms with van der Waals surface area (Å²) in [5, 5.41) is 17.8. The summed E-state index contributed by atoms with van der Waals surface area (Å²) in [5.41, 5.74) is 0. The van der Waals surface area contributed by atoms with Crippen LogP contribution in [-0.2, 0) is 11.3 Å². The first-order valence-electron chi connectivity index (χ1n) is 6.11. The molecule has 3 N–H and O–H groups in total. The lowest BCUT2D eigenvalue weighted by atomic mass is 10.1. The van der Waals surface area contributed by atoms with E-state index in [1.807, 2.05) is 0 Å². The van der Waals surface area contributed by atoms with Crippen LogP contribution in [0.2, 0.25) is 0 Å². The molecule has 2 unspecified atom stereocenters. The van der Waals surface area contributed by atoms with Crippen LogP contribution < -0.4 is 10.6 Å². The Bertz CT molecular complexity index is 473. The van der Waals surface area contributed by atoms with Gasteiger partial charge in [-0.3, -0.25) is 4.79 Å². The maximum atomic E-state index is 11.6. The largest absolute Gasteiger partial charge is 0.481 e. The molecule has 0 aromatic carbocycles. The van der Waals surface area contributed by atoms with E-state index in [4.69, 9.17) is 9.63 Å². The van der Waals surface area contributed by atoms with Crippen molar-refractivity contribution in [1.29, 1.82) is 0 Å². The quantitative estimate of drug-likeness (QED) is 0.729. The van der Waals surface area contributed by atoms with Gasteiger partial charge in [-0.1, -0.05) is 5.16 Å². The van der Waals surface area contributed by atoms with Crippen molar-refractivity contribution in [2.75, 3.05) is 0 Å². The second-order valence-electron chi connectivity index (χ2n) is 4.61. The van der Waals surface area contributed by atoms with Crippen LogP contribution in [0.4, 0.5) is 4.79 Å². The SMILES string of the molecule is Cc1noc(CNC(=O)NC2CCC(C(=O)O)C2)n1. The smallest absolute Gasteiger partial charge is 0.315 e.